The van der Waals surface area contributed by atoms with Crippen LogP contribution in [-0.4, -0.2) is 12.6 Å². The second-order valence-electron chi connectivity index (χ2n) is 5.35. The molecule has 0 aromatic heterocycles. The highest BCUT2D eigenvalue weighted by Gasteiger charge is 2.13. The van der Waals surface area contributed by atoms with Crippen molar-refractivity contribution >= 4 is 11.6 Å². The number of rotatable bonds is 8. The van der Waals surface area contributed by atoms with Crippen molar-refractivity contribution in [1.82, 2.24) is 5.32 Å². The monoisotopic (exact) mass is 285 g/mol. The van der Waals surface area contributed by atoms with Gasteiger partial charge in [-0.05, 0) is 49.4 Å². The van der Waals surface area contributed by atoms with Crippen molar-refractivity contribution in [2.75, 3.05) is 6.54 Å². The topological polar surface area (TPSA) is 12.0 Å². The molecule has 2 atom stereocenters. The number of hydrogen-bond donors (Lipinski definition) is 1. The van der Waals surface area contributed by atoms with E-state index in [0.717, 1.165) is 31.4 Å². The minimum Gasteiger partial charge on any atom is -0.314 e. The molecule has 0 spiro atoms. The molecule has 0 aliphatic carbocycles. The van der Waals surface area contributed by atoms with Gasteiger partial charge in [0.1, 0.15) is 5.82 Å². The van der Waals surface area contributed by atoms with E-state index in [1.165, 1.54) is 12.5 Å². The summed E-state index contributed by atoms with van der Waals surface area (Å²) in [5.41, 5.74) is 1.10. The molecule has 1 aromatic carbocycles. The fraction of sp³-hybridized carbons (Fsp3) is 0.625. The van der Waals surface area contributed by atoms with E-state index in [4.69, 9.17) is 11.6 Å². The Labute approximate surface area is 121 Å². The fourth-order valence-electron chi connectivity index (χ4n) is 2.19. The minimum absolute atomic E-state index is 0.218. The predicted molar refractivity (Wildman–Crippen MR) is 81.3 cm³/mol. The van der Waals surface area contributed by atoms with Gasteiger partial charge in [0.2, 0.25) is 0 Å². The van der Waals surface area contributed by atoms with Gasteiger partial charge >= 0.3 is 0 Å². The molecule has 0 saturated carbocycles. The van der Waals surface area contributed by atoms with Gasteiger partial charge in [0.15, 0.2) is 0 Å². The summed E-state index contributed by atoms with van der Waals surface area (Å²) < 4.78 is 13.2. The molecular formula is C16H25ClFN. The van der Waals surface area contributed by atoms with Crippen molar-refractivity contribution in [1.29, 1.82) is 0 Å². The van der Waals surface area contributed by atoms with Crippen LogP contribution in [0.5, 0.6) is 0 Å². The van der Waals surface area contributed by atoms with Gasteiger partial charge in [-0.2, -0.15) is 0 Å². The number of benzene rings is 1. The molecule has 3 heteroatoms. The molecule has 0 radical (unpaired) electrons. The Bertz CT molecular complexity index is 381. The van der Waals surface area contributed by atoms with Crippen molar-refractivity contribution in [2.45, 2.75) is 52.5 Å². The van der Waals surface area contributed by atoms with E-state index in [1.807, 2.05) is 6.07 Å². The van der Waals surface area contributed by atoms with E-state index in [-0.39, 0.29) is 10.8 Å². The van der Waals surface area contributed by atoms with Crippen LogP contribution in [0.2, 0.25) is 5.02 Å². The molecule has 0 aliphatic heterocycles. The highest BCUT2D eigenvalue weighted by atomic mass is 35.5. The van der Waals surface area contributed by atoms with Gasteiger partial charge in [-0.25, -0.2) is 4.39 Å². The van der Waals surface area contributed by atoms with Crippen LogP contribution < -0.4 is 5.32 Å². The lowest BCUT2D eigenvalue weighted by atomic mass is 9.94. The first-order valence-electron chi connectivity index (χ1n) is 7.24. The molecule has 1 N–H and O–H groups in total. The van der Waals surface area contributed by atoms with Crippen molar-refractivity contribution in [3.05, 3.63) is 34.6 Å². The lowest BCUT2D eigenvalue weighted by molar-refractivity contribution is 0.391. The van der Waals surface area contributed by atoms with E-state index in [0.29, 0.717) is 12.0 Å². The smallest absolute Gasteiger partial charge is 0.141 e. The second-order valence-corrected chi connectivity index (χ2v) is 5.76. The van der Waals surface area contributed by atoms with Gasteiger partial charge in [-0.1, -0.05) is 44.9 Å². The third kappa shape index (κ3) is 5.92. The molecular weight excluding hydrogens is 261 g/mol. The Hall–Kier alpha value is -0.600. The second kappa shape index (κ2) is 8.55. The van der Waals surface area contributed by atoms with Crippen molar-refractivity contribution in [2.24, 2.45) is 5.92 Å². The van der Waals surface area contributed by atoms with Crippen LogP contribution in [0.3, 0.4) is 0 Å². The van der Waals surface area contributed by atoms with E-state index in [2.05, 4.69) is 26.1 Å². The Morgan fingerprint density at radius 1 is 1.32 bits per heavy atom. The summed E-state index contributed by atoms with van der Waals surface area (Å²) >= 11 is 5.84. The maximum atomic E-state index is 13.2. The SMILES string of the molecule is CCCNC(Cc1ccc(F)c(Cl)c1)CC(C)CC. The van der Waals surface area contributed by atoms with E-state index < -0.39 is 0 Å². The van der Waals surface area contributed by atoms with Crippen LogP contribution in [0.15, 0.2) is 18.2 Å². The maximum Gasteiger partial charge on any atom is 0.141 e. The summed E-state index contributed by atoms with van der Waals surface area (Å²) in [6.07, 6.45) is 4.37. The molecule has 1 nitrogen and oxygen atoms in total. The first-order valence-corrected chi connectivity index (χ1v) is 7.61. The van der Waals surface area contributed by atoms with Crippen LogP contribution in [-0.2, 0) is 6.42 Å². The molecule has 2 unspecified atom stereocenters. The van der Waals surface area contributed by atoms with Gasteiger partial charge < -0.3 is 5.32 Å². The minimum atomic E-state index is -0.342. The Balaban J connectivity index is 2.66. The summed E-state index contributed by atoms with van der Waals surface area (Å²) in [5, 5.41) is 3.80. The maximum absolute atomic E-state index is 13.2. The summed E-state index contributed by atoms with van der Waals surface area (Å²) in [6, 6.07) is 5.47. The van der Waals surface area contributed by atoms with E-state index in [1.54, 1.807) is 6.07 Å². The lowest BCUT2D eigenvalue weighted by Gasteiger charge is -2.22. The third-order valence-electron chi connectivity index (χ3n) is 3.53. The highest BCUT2D eigenvalue weighted by molar-refractivity contribution is 6.30. The van der Waals surface area contributed by atoms with Gasteiger partial charge in [-0.3, -0.25) is 0 Å². The molecule has 1 rings (SSSR count). The number of hydrogen-bond acceptors (Lipinski definition) is 1. The zero-order valence-electron chi connectivity index (χ0n) is 12.2. The highest BCUT2D eigenvalue weighted by Crippen LogP contribution is 2.19. The molecule has 0 heterocycles. The molecule has 1 aromatic rings. The summed E-state index contributed by atoms with van der Waals surface area (Å²) in [4.78, 5) is 0. The first-order chi connectivity index (χ1) is 9.06. The third-order valence-corrected chi connectivity index (χ3v) is 3.82. The molecule has 0 saturated heterocycles. The number of halogens is 2. The molecule has 0 aliphatic rings. The largest absolute Gasteiger partial charge is 0.314 e. The van der Waals surface area contributed by atoms with E-state index in [9.17, 15) is 4.39 Å². The van der Waals surface area contributed by atoms with Gasteiger partial charge in [0.25, 0.3) is 0 Å². The predicted octanol–water partition coefficient (Wildman–Crippen LogP) is 4.83. The molecule has 19 heavy (non-hydrogen) atoms. The lowest BCUT2D eigenvalue weighted by Crippen LogP contribution is -2.33. The quantitative estimate of drug-likeness (QED) is 0.722. The van der Waals surface area contributed by atoms with Crippen molar-refractivity contribution < 1.29 is 4.39 Å². The van der Waals surface area contributed by atoms with Crippen LogP contribution in [0.1, 0.15) is 45.6 Å². The van der Waals surface area contributed by atoms with Crippen molar-refractivity contribution in [3.8, 4) is 0 Å². The zero-order valence-corrected chi connectivity index (χ0v) is 12.9. The zero-order chi connectivity index (χ0) is 14.3. The van der Waals surface area contributed by atoms with Crippen LogP contribution in [0, 0.1) is 11.7 Å². The van der Waals surface area contributed by atoms with Gasteiger partial charge in [0, 0.05) is 6.04 Å². The van der Waals surface area contributed by atoms with E-state index >= 15 is 0 Å². The summed E-state index contributed by atoms with van der Waals surface area (Å²) in [7, 11) is 0. The normalized spacial score (nSPS) is 14.4. The number of nitrogens with one attached hydrogen (secondary N) is 1. The van der Waals surface area contributed by atoms with Gasteiger partial charge in [0.05, 0.1) is 5.02 Å². The van der Waals surface area contributed by atoms with Gasteiger partial charge in [-0.15, -0.1) is 0 Å². The fourth-order valence-corrected chi connectivity index (χ4v) is 2.39. The Morgan fingerprint density at radius 2 is 2.05 bits per heavy atom. The molecule has 108 valence electrons. The molecule has 0 amide bonds. The van der Waals surface area contributed by atoms with Crippen molar-refractivity contribution in [3.63, 3.8) is 0 Å². The molecule has 0 bridgehead atoms. The summed E-state index contributed by atoms with van der Waals surface area (Å²) in [5.74, 6) is 0.357. The molecule has 0 fully saturated rings. The van der Waals surface area contributed by atoms with Crippen LogP contribution in [0.25, 0.3) is 0 Å². The van der Waals surface area contributed by atoms with Crippen LogP contribution in [0.4, 0.5) is 4.39 Å². The average Bonchev–Trinajstić information content (AvgIpc) is 2.40. The Morgan fingerprint density at radius 3 is 2.63 bits per heavy atom. The summed E-state index contributed by atoms with van der Waals surface area (Å²) in [6.45, 7) is 7.69. The standard InChI is InChI=1S/C16H25ClFN/c1-4-8-19-14(9-12(3)5-2)10-13-6-7-16(18)15(17)11-13/h6-7,11-12,14,19H,4-5,8-10H2,1-3H3. The first kappa shape index (κ1) is 16.5. The average molecular weight is 286 g/mol. The Kier molecular flexibility index (Phi) is 7.40. The van der Waals surface area contributed by atoms with Crippen LogP contribution >= 0.6 is 11.6 Å².